The zero-order chi connectivity index (χ0) is 26.5. The van der Waals surface area contributed by atoms with Gasteiger partial charge in [0.05, 0.1) is 41.8 Å². The molecule has 4 aromatic rings. The summed E-state index contributed by atoms with van der Waals surface area (Å²) >= 11 is 0. The van der Waals surface area contributed by atoms with E-state index in [4.69, 9.17) is 9.84 Å². The molecule has 1 N–H and O–H groups in total. The minimum atomic E-state index is -0.208. The standard InChI is InChI=1S/C31H36N4O2/c1-19-28(33-29(36)23-17-27(37-7)32-26-11-9-8-10-22(23)26)20(2)35(34-19)18-21-12-13-24-25(16-21)31(5,6)15-14-30(24,3)4/h8-13,16-17H,14-15,18H2,1-7H3,(H,33,36). The quantitative estimate of drug-likeness (QED) is 0.334. The minimum Gasteiger partial charge on any atom is -0.481 e. The summed E-state index contributed by atoms with van der Waals surface area (Å²) in [7, 11) is 1.56. The van der Waals surface area contributed by atoms with Crippen molar-refractivity contribution in [2.75, 3.05) is 12.4 Å². The number of aryl methyl sites for hydroxylation is 1. The molecule has 6 nitrogen and oxygen atoms in total. The first-order chi connectivity index (χ1) is 17.5. The maximum Gasteiger partial charge on any atom is 0.256 e. The zero-order valence-electron chi connectivity index (χ0n) is 22.9. The molecule has 2 aromatic carbocycles. The second kappa shape index (κ2) is 9.02. The van der Waals surface area contributed by atoms with Gasteiger partial charge in [0.2, 0.25) is 5.88 Å². The Morgan fingerprint density at radius 1 is 1.00 bits per heavy atom. The van der Waals surface area contributed by atoms with E-state index in [1.54, 1.807) is 13.2 Å². The molecule has 1 amide bonds. The third kappa shape index (κ3) is 4.50. The predicted molar refractivity (Wildman–Crippen MR) is 149 cm³/mol. The highest BCUT2D eigenvalue weighted by atomic mass is 16.5. The van der Waals surface area contributed by atoms with E-state index in [0.717, 1.165) is 28.0 Å². The molecule has 2 heterocycles. The average molecular weight is 497 g/mol. The summed E-state index contributed by atoms with van der Waals surface area (Å²) in [6, 6.07) is 16.2. The van der Waals surface area contributed by atoms with E-state index in [-0.39, 0.29) is 16.7 Å². The zero-order valence-corrected chi connectivity index (χ0v) is 22.9. The van der Waals surface area contributed by atoms with Gasteiger partial charge in [-0.15, -0.1) is 0 Å². The molecule has 37 heavy (non-hydrogen) atoms. The number of nitrogens with zero attached hydrogens (tertiary/aromatic N) is 3. The van der Waals surface area contributed by atoms with Crippen LogP contribution in [-0.4, -0.2) is 27.8 Å². The monoisotopic (exact) mass is 496 g/mol. The predicted octanol–water partition coefficient (Wildman–Crippen LogP) is 6.71. The Hall–Kier alpha value is -3.67. The number of carbonyl (C=O) groups is 1. The lowest BCUT2D eigenvalue weighted by Gasteiger charge is -2.42. The topological polar surface area (TPSA) is 69.0 Å². The lowest BCUT2D eigenvalue weighted by atomic mass is 9.63. The van der Waals surface area contributed by atoms with Crippen LogP contribution in [0.25, 0.3) is 10.9 Å². The highest BCUT2D eigenvalue weighted by molar-refractivity contribution is 6.13. The second-order valence-corrected chi connectivity index (χ2v) is 11.5. The number of nitrogens with one attached hydrogen (secondary N) is 1. The molecule has 0 saturated carbocycles. The summed E-state index contributed by atoms with van der Waals surface area (Å²) in [5, 5.41) is 8.68. The van der Waals surface area contributed by atoms with Gasteiger partial charge in [-0.05, 0) is 60.3 Å². The molecule has 1 aliphatic carbocycles. The van der Waals surface area contributed by atoms with Gasteiger partial charge in [0.25, 0.3) is 5.91 Å². The van der Waals surface area contributed by atoms with Gasteiger partial charge in [-0.2, -0.15) is 5.10 Å². The molecule has 0 saturated heterocycles. The minimum absolute atomic E-state index is 0.156. The lowest BCUT2D eigenvalue weighted by molar-refractivity contribution is 0.102. The van der Waals surface area contributed by atoms with E-state index in [2.05, 4.69) is 56.2 Å². The summed E-state index contributed by atoms with van der Waals surface area (Å²) in [6.45, 7) is 14.0. The van der Waals surface area contributed by atoms with Gasteiger partial charge in [-0.25, -0.2) is 4.98 Å². The van der Waals surface area contributed by atoms with Gasteiger partial charge < -0.3 is 10.1 Å². The fourth-order valence-corrected chi connectivity index (χ4v) is 5.56. The van der Waals surface area contributed by atoms with Crippen LogP contribution in [0.1, 0.15) is 79.0 Å². The number of aromatic nitrogens is 3. The molecule has 0 spiro atoms. The summed E-state index contributed by atoms with van der Waals surface area (Å²) in [5.74, 6) is 0.201. The summed E-state index contributed by atoms with van der Waals surface area (Å²) in [6.07, 6.45) is 2.38. The van der Waals surface area contributed by atoms with Crippen LogP contribution in [0.2, 0.25) is 0 Å². The number of anilines is 1. The SMILES string of the molecule is COc1cc(C(=O)Nc2c(C)nn(Cc3ccc4c(c3)C(C)(C)CCC4(C)C)c2C)c2ccccc2n1. The number of amides is 1. The van der Waals surface area contributed by atoms with Crippen molar-refractivity contribution in [2.45, 2.75) is 71.8 Å². The van der Waals surface area contributed by atoms with Crippen LogP contribution in [-0.2, 0) is 17.4 Å². The molecular formula is C31H36N4O2. The number of rotatable bonds is 5. The van der Waals surface area contributed by atoms with E-state index in [1.807, 2.05) is 42.8 Å². The summed E-state index contributed by atoms with van der Waals surface area (Å²) in [5.41, 5.74) is 8.15. The van der Waals surface area contributed by atoms with Crippen LogP contribution in [0.4, 0.5) is 5.69 Å². The third-order valence-electron chi connectivity index (χ3n) is 8.02. The molecule has 6 heteroatoms. The summed E-state index contributed by atoms with van der Waals surface area (Å²) in [4.78, 5) is 17.9. The van der Waals surface area contributed by atoms with Gasteiger partial charge in [-0.1, -0.05) is 64.1 Å². The summed E-state index contributed by atoms with van der Waals surface area (Å²) < 4.78 is 7.33. The molecule has 192 valence electrons. The van der Waals surface area contributed by atoms with Crippen molar-refractivity contribution in [2.24, 2.45) is 0 Å². The van der Waals surface area contributed by atoms with Crippen LogP contribution in [0.3, 0.4) is 0 Å². The maximum atomic E-state index is 13.4. The number of benzene rings is 2. The molecule has 0 atom stereocenters. The number of carbonyl (C=O) groups excluding carboxylic acids is 1. The number of ether oxygens (including phenoxy) is 1. The Balaban J connectivity index is 1.45. The normalized spacial score (nSPS) is 15.9. The molecule has 0 fully saturated rings. The molecule has 1 aliphatic rings. The van der Waals surface area contributed by atoms with E-state index in [1.165, 1.54) is 29.5 Å². The molecule has 0 radical (unpaired) electrons. The third-order valence-corrected chi connectivity index (χ3v) is 8.02. The van der Waals surface area contributed by atoms with Crippen molar-refractivity contribution in [3.63, 3.8) is 0 Å². The van der Waals surface area contributed by atoms with Gasteiger partial charge in [0.15, 0.2) is 0 Å². The molecule has 5 rings (SSSR count). The average Bonchev–Trinajstić information content (AvgIpc) is 3.13. The number of hydrogen-bond acceptors (Lipinski definition) is 4. The first-order valence-corrected chi connectivity index (χ1v) is 12.9. The Kier molecular flexibility index (Phi) is 6.09. The van der Waals surface area contributed by atoms with Crippen molar-refractivity contribution >= 4 is 22.5 Å². The number of hydrogen-bond donors (Lipinski definition) is 1. The second-order valence-electron chi connectivity index (χ2n) is 11.5. The Bertz CT molecular complexity index is 1510. The van der Waals surface area contributed by atoms with E-state index < -0.39 is 0 Å². The molecule has 0 aliphatic heterocycles. The van der Waals surface area contributed by atoms with Gasteiger partial charge >= 0.3 is 0 Å². The number of methoxy groups -OCH3 is 1. The highest BCUT2D eigenvalue weighted by Gasteiger charge is 2.37. The number of fused-ring (bicyclic) bond motifs is 2. The van der Waals surface area contributed by atoms with Crippen LogP contribution in [0.5, 0.6) is 5.88 Å². The highest BCUT2D eigenvalue weighted by Crippen LogP contribution is 2.46. The number of pyridine rings is 1. The first kappa shape index (κ1) is 25.0. The van der Waals surface area contributed by atoms with Crippen molar-refractivity contribution < 1.29 is 9.53 Å². The lowest BCUT2D eigenvalue weighted by Crippen LogP contribution is -2.34. The maximum absolute atomic E-state index is 13.4. The van der Waals surface area contributed by atoms with Crippen molar-refractivity contribution in [1.82, 2.24) is 14.8 Å². The largest absolute Gasteiger partial charge is 0.481 e. The molecule has 2 aromatic heterocycles. The Morgan fingerprint density at radius 2 is 1.70 bits per heavy atom. The Morgan fingerprint density at radius 3 is 2.43 bits per heavy atom. The van der Waals surface area contributed by atoms with E-state index in [9.17, 15) is 4.79 Å². The smallest absolute Gasteiger partial charge is 0.256 e. The number of para-hydroxylation sites is 1. The fourth-order valence-electron chi connectivity index (χ4n) is 5.56. The Labute approximate surface area is 219 Å². The van der Waals surface area contributed by atoms with Gasteiger partial charge in [-0.3, -0.25) is 9.48 Å². The van der Waals surface area contributed by atoms with Gasteiger partial charge in [0.1, 0.15) is 0 Å². The van der Waals surface area contributed by atoms with Crippen LogP contribution in [0, 0.1) is 13.8 Å². The van der Waals surface area contributed by atoms with Crippen LogP contribution in [0.15, 0.2) is 48.5 Å². The first-order valence-electron chi connectivity index (χ1n) is 12.9. The van der Waals surface area contributed by atoms with Crippen LogP contribution >= 0.6 is 0 Å². The van der Waals surface area contributed by atoms with E-state index >= 15 is 0 Å². The molecule has 0 bridgehead atoms. The fraction of sp³-hybridized carbons (Fsp3) is 0.387. The van der Waals surface area contributed by atoms with Crippen molar-refractivity contribution in [3.05, 3.63) is 82.2 Å². The van der Waals surface area contributed by atoms with Crippen LogP contribution < -0.4 is 10.1 Å². The van der Waals surface area contributed by atoms with E-state index in [0.29, 0.717) is 18.0 Å². The van der Waals surface area contributed by atoms with Crippen molar-refractivity contribution in [1.29, 1.82) is 0 Å². The molecular weight excluding hydrogens is 460 g/mol. The van der Waals surface area contributed by atoms with Gasteiger partial charge in [0, 0.05) is 11.5 Å². The molecule has 0 unspecified atom stereocenters. The van der Waals surface area contributed by atoms with Crippen molar-refractivity contribution in [3.8, 4) is 5.88 Å².